The van der Waals surface area contributed by atoms with Crippen LogP contribution in [0.1, 0.15) is 12.5 Å². The van der Waals surface area contributed by atoms with Crippen LogP contribution in [-0.2, 0) is 6.42 Å². The molecule has 2 bridgehead atoms. The Morgan fingerprint density at radius 3 is 2.72 bits per heavy atom. The van der Waals surface area contributed by atoms with Gasteiger partial charge in [0.25, 0.3) is 0 Å². The molecule has 1 aromatic carbocycles. The summed E-state index contributed by atoms with van der Waals surface area (Å²) in [6, 6.07) is 15.4. The van der Waals surface area contributed by atoms with Crippen molar-refractivity contribution in [1.82, 2.24) is 4.98 Å². The van der Waals surface area contributed by atoms with E-state index in [0.717, 1.165) is 6.42 Å². The van der Waals surface area contributed by atoms with Gasteiger partial charge >= 0.3 is 0 Å². The minimum atomic E-state index is 1.09. The summed E-state index contributed by atoms with van der Waals surface area (Å²) >= 11 is 1.90. The minimum absolute atomic E-state index is 1.09. The third kappa shape index (κ3) is 1.27. The van der Waals surface area contributed by atoms with E-state index in [4.69, 9.17) is 0 Å². The van der Waals surface area contributed by atoms with Gasteiger partial charge in [0.15, 0.2) is 0 Å². The zero-order chi connectivity index (χ0) is 12.1. The van der Waals surface area contributed by atoms with Crippen LogP contribution in [0.5, 0.6) is 0 Å². The second-order valence-electron chi connectivity index (χ2n) is 4.65. The number of H-pyrrole nitrogens is 1. The van der Waals surface area contributed by atoms with Gasteiger partial charge in [0.2, 0.25) is 0 Å². The van der Waals surface area contributed by atoms with Gasteiger partial charge in [0.05, 0.1) is 10.2 Å². The van der Waals surface area contributed by atoms with Crippen LogP contribution in [0.2, 0.25) is 0 Å². The molecule has 1 nitrogen and oxygen atoms in total. The first kappa shape index (κ1) is 10.2. The van der Waals surface area contributed by atoms with Crippen LogP contribution in [0.4, 0.5) is 0 Å². The number of aromatic amines is 1. The summed E-state index contributed by atoms with van der Waals surface area (Å²) in [5.41, 5.74) is 5.35. The van der Waals surface area contributed by atoms with Gasteiger partial charge in [-0.05, 0) is 35.7 Å². The Morgan fingerprint density at radius 1 is 1.06 bits per heavy atom. The van der Waals surface area contributed by atoms with Crippen molar-refractivity contribution in [2.75, 3.05) is 0 Å². The normalized spacial score (nSPS) is 11.8. The fraction of sp³-hybridized carbons (Fsp3) is 0.125. The molecule has 88 valence electrons. The van der Waals surface area contributed by atoms with Crippen molar-refractivity contribution in [2.45, 2.75) is 13.3 Å². The largest absolute Gasteiger partial charge is 0.354 e. The molecule has 3 heterocycles. The van der Waals surface area contributed by atoms with Crippen LogP contribution >= 0.6 is 11.3 Å². The molecule has 0 radical (unpaired) electrons. The van der Waals surface area contributed by atoms with Gasteiger partial charge in [-0.2, -0.15) is 0 Å². The quantitative estimate of drug-likeness (QED) is 0.513. The average Bonchev–Trinajstić information content (AvgIpc) is 3.10. The lowest BCUT2D eigenvalue weighted by Gasteiger charge is -2.04. The van der Waals surface area contributed by atoms with E-state index in [9.17, 15) is 0 Å². The lowest BCUT2D eigenvalue weighted by Crippen LogP contribution is -1.83. The molecule has 0 atom stereocenters. The molecule has 4 aromatic rings. The lowest BCUT2D eigenvalue weighted by atomic mass is 10.0. The van der Waals surface area contributed by atoms with Crippen molar-refractivity contribution in [3.05, 3.63) is 48.0 Å². The summed E-state index contributed by atoms with van der Waals surface area (Å²) in [7, 11) is 0. The summed E-state index contributed by atoms with van der Waals surface area (Å²) in [5.74, 6) is 0. The summed E-state index contributed by atoms with van der Waals surface area (Å²) in [4.78, 5) is 4.80. The van der Waals surface area contributed by atoms with Crippen molar-refractivity contribution >= 4 is 32.5 Å². The fourth-order valence-electron chi connectivity index (χ4n) is 2.68. The molecule has 0 fully saturated rings. The highest BCUT2D eigenvalue weighted by Gasteiger charge is 2.13. The van der Waals surface area contributed by atoms with E-state index >= 15 is 0 Å². The minimum Gasteiger partial charge on any atom is -0.354 e. The zero-order valence-electron chi connectivity index (χ0n) is 10.2. The van der Waals surface area contributed by atoms with Crippen molar-refractivity contribution in [3.8, 4) is 10.4 Å². The van der Waals surface area contributed by atoms with Crippen LogP contribution in [-0.4, -0.2) is 4.98 Å². The average molecular weight is 251 g/mol. The fourth-order valence-corrected chi connectivity index (χ4v) is 3.89. The monoisotopic (exact) mass is 251 g/mol. The van der Waals surface area contributed by atoms with Crippen LogP contribution in [0.25, 0.3) is 31.6 Å². The summed E-state index contributed by atoms with van der Waals surface area (Å²) in [5, 5.41) is 1.37. The lowest BCUT2D eigenvalue weighted by molar-refractivity contribution is 1.14. The number of hydrogen-bond donors (Lipinski definition) is 1. The van der Waals surface area contributed by atoms with Crippen molar-refractivity contribution in [1.29, 1.82) is 0 Å². The standard InChI is InChI=1S/C16H13NS/c1-2-10-5-3-4-6-11(10)15-9-12-13-7-8-14(17-13)16(12)18-15/h3-9,17H,2H2,1H3. The van der Waals surface area contributed by atoms with Gasteiger partial charge in [0.1, 0.15) is 0 Å². The molecule has 0 aliphatic rings. The Morgan fingerprint density at radius 2 is 1.89 bits per heavy atom. The summed E-state index contributed by atoms with van der Waals surface area (Å²) in [6.07, 6.45) is 1.09. The maximum absolute atomic E-state index is 3.41. The van der Waals surface area contributed by atoms with Gasteiger partial charge in [-0.25, -0.2) is 0 Å². The topological polar surface area (TPSA) is 15.8 Å². The van der Waals surface area contributed by atoms with Crippen LogP contribution < -0.4 is 0 Å². The van der Waals surface area contributed by atoms with Gasteiger partial charge in [0, 0.05) is 15.8 Å². The SMILES string of the molecule is CCc1ccccc1-c1cc2c3ccc([nH]3)c2s1. The number of aromatic nitrogens is 1. The molecular formula is C16H13NS. The molecule has 0 saturated carbocycles. The maximum atomic E-state index is 3.41. The second-order valence-corrected chi connectivity index (χ2v) is 5.70. The highest BCUT2D eigenvalue weighted by molar-refractivity contribution is 7.23. The number of rotatable bonds is 2. The van der Waals surface area contributed by atoms with E-state index in [2.05, 4.69) is 54.4 Å². The van der Waals surface area contributed by atoms with E-state index in [-0.39, 0.29) is 0 Å². The van der Waals surface area contributed by atoms with Crippen LogP contribution in [0.3, 0.4) is 0 Å². The molecule has 18 heavy (non-hydrogen) atoms. The first-order valence-corrected chi connectivity index (χ1v) is 7.10. The number of aryl methyl sites for hydroxylation is 1. The Bertz CT molecular complexity index is 779. The number of thiophene rings is 1. The van der Waals surface area contributed by atoms with Gasteiger partial charge in [-0.15, -0.1) is 11.3 Å². The van der Waals surface area contributed by atoms with E-state index in [1.807, 2.05) is 11.3 Å². The predicted octanol–water partition coefficient (Wildman–Crippen LogP) is 5.05. The Hall–Kier alpha value is -1.80. The Labute approximate surface area is 109 Å². The first-order chi connectivity index (χ1) is 8.86. The predicted molar refractivity (Wildman–Crippen MR) is 79.7 cm³/mol. The third-order valence-corrected chi connectivity index (χ3v) is 4.82. The number of nitrogens with one attached hydrogen (secondary N) is 1. The number of benzene rings is 2. The Kier molecular flexibility index (Phi) is 2.03. The van der Waals surface area contributed by atoms with Crippen molar-refractivity contribution in [2.24, 2.45) is 0 Å². The van der Waals surface area contributed by atoms with Crippen molar-refractivity contribution < 1.29 is 0 Å². The highest BCUT2D eigenvalue weighted by atomic mass is 32.1. The molecule has 0 unspecified atom stereocenters. The zero-order valence-corrected chi connectivity index (χ0v) is 11.0. The van der Waals surface area contributed by atoms with E-state index in [1.54, 1.807) is 0 Å². The van der Waals surface area contributed by atoms with Gasteiger partial charge < -0.3 is 4.98 Å². The van der Waals surface area contributed by atoms with E-state index in [1.165, 1.54) is 37.1 Å². The Balaban J connectivity index is 1.99. The smallest absolute Gasteiger partial charge is 0.0605 e. The molecule has 0 aliphatic heterocycles. The summed E-state index contributed by atoms with van der Waals surface area (Å²) < 4.78 is 1.40. The molecule has 3 aromatic heterocycles. The number of fused-ring (bicyclic) bond motifs is 5. The van der Waals surface area contributed by atoms with Crippen molar-refractivity contribution in [3.63, 3.8) is 0 Å². The molecule has 0 spiro atoms. The second kappa shape index (κ2) is 3.59. The molecule has 0 aliphatic carbocycles. The summed E-state index contributed by atoms with van der Waals surface area (Å²) in [6.45, 7) is 2.22. The van der Waals surface area contributed by atoms with Crippen LogP contribution in [0, 0.1) is 0 Å². The molecule has 0 saturated heterocycles. The van der Waals surface area contributed by atoms with Gasteiger partial charge in [-0.1, -0.05) is 31.2 Å². The van der Waals surface area contributed by atoms with Crippen LogP contribution in [0.15, 0.2) is 42.5 Å². The third-order valence-electron chi connectivity index (χ3n) is 3.62. The molecule has 4 rings (SSSR count). The van der Waals surface area contributed by atoms with E-state index in [0.29, 0.717) is 0 Å². The highest BCUT2D eigenvalue weighted by Crippen LogP contribution is 2.40. The number of hydrogen-bond acceptors (Lipinski definition) is 1. The molecule has 2 heteroatoms. The first-order valence-electron chi connectivity index (χ1n) is 6.28. The van der Waals surface area contributed by atoms with E-state index < -0.39 is 0 Å². The maximum Gasteiger partial charge on any atom is 0.0605 e. The molecule has 0 amide bonds. The van der Waals surface area contributed by atoms with Gasteiger partial charge in [-0.3, -0.25) is 0 Å². The molecule has 1 N–H and O–H groups in total. The molecular weight excluding hydrogens is 238 g/mol.